The van der Waals surface area contributed by atoms with E-state index in [4.69, 9.17) is 36.7 Å². The highest BCUT2D eigenvalue weighted by atomic mass is 28.5. The summed E-state index contributed by atoms with van der Waals surface area (Å²) >= 11 is 0. The Kier molecular flexibility index (Phi) is 26.3. The van der Waals surface area contributed by atoms with Gasteiger partial charge in [-0.05, 0) is 77.1 Å². The van der Waals surface area contributed by atoms with Gasteiger partial charge in [0.15, 0.2) is 16.6 Å². The van der Waals surface area contributed by atoms with Gasteiger partial charge in [-0.15, -0.1) is 0 Å². The van der Waals surface area contributed by atoms with E-state index >= 15 is 0 Å². The Hall–Kier alpha value is -1.05. The maximum absolute atomic E-state index is 11.9. The molecule has 0 aliphatic rings. The average Bonchev–Trinajstić information content (AvgIpc) is 2.94. The number of amides is 2. The van der Waals surface area contributed by atoms with Gasteiger partial charge in [0, 0.05) is 66.3 Å². The Morgan fingerprint density at radius 2 is 1.00 bits per heavy atom. The summed E-state index contributed by atoms with van der Waals surface area (Å²) in [5.41, 5.74) is 0. The van der Waals surface area contributed by atoms with E-state index in [0.717, 1.165) is 57.2 Å². The zero-order valence-corrected chi connectivity index (χ0v) is 32.7. The van der Waals surface area contributed by atoms with Gasteiger partial charge in [0.2, 0.25) is 0 Å². The van der Waals surface area contributed by atoms with Crippen LogP contribution in [-0.4, -0.2) is 117 Å². The molecule has 0 spiro atoms. The summed E-state index contributed by atoms with van der Waals surface area (Å²) in [5.74, 6) is 0. The monoisotopic (exact) mass is 698 g/mol. The van der Waals surface area contributed by atoms with Gasteiger partial charge in [0.1, 0.15) is 6.61 Å². The second-order valence-corrected chi connectivity index (χ2v) is 25.2. The Morgan fingerprint density at radius 1 is 0.533 bits per heavy atom. The van der Waals surface area contributed by atoms with Crippen molar-refractivity contribution in [3.05, 3.63) is 0 Å². The molecule has 0 saturated heterocycles. The third-order valence-corrected chi connectivity index (χ3v) is 17.7. The van der Waals surface area contributed by atoms with E-state index in [1.54, 1.807) is 7.11 Å². The summed E-state index contributed by atoms with van der Waals surface area (Å²) in [4.78, 5) is 23.4. The molecule has 0 rings (SSSR count). The summed E-state index contributed by atoms with van der Waals surface area (Å²) in [7, 11) is -4.42. The highest BCUT2D eigenvalue weighted by Crippen LogP contribution is 2.24. The number of unbranched alkanes of at least 4 members (excludes halogenated alkanes) is 3. The van der Waals surface area contributed by atoms with Crippen LogP contribution in [0.5, 0.6) is 0 Å². The van der Waals surface area contributed by atoms with E-state index in [1.807, 2.05) is 6.92 Å². The van der Waals surface area contributed by atoms with E-state index in [1.165, 1.54) is 0 Å². The fourth-order valence-corrected chi connectivity index (χ4v) is 17.7. The minimum atomic E-state index is -2.28. The van der Waals surface area contributed by atoms with Crippen molar-refractivity contribution >= 4 is 37.4 Å². The smallest absolute Gasteiger partial charge is 0.407 e. The van der Waals surface area contributed by atoms with Crippen LogP contribution in [0.2, 0.25) is 51.4 Å². The number of hydrogen-bond donors (Lipinski definition) is 2. The van der Waals surface area contributed by atoms with E-state index < -0.39 is 37.4 Å². The van der Waals surface area contributed by atoms with Crippen LogP contribution in [0.15, 0.2) is 0 Å². The zero-order valence-electron chi connectivity index (χ0n) is 29.7. The molecule has 0 aliphatic heterocycles. The van der Waals surface area contributed by atoms with E-state index in [0.29, 0.717) is 65.8 Å². The molecule has 15 heteroatoms. The molecule has 2 amide bonds. The number of carbonyl (C=O) groups is 2. The first-order valence-corrected chi connectivity index (χ1v) is 25.8. The molecule has 0 radical (unpaired) electrons. The second kappa shape index (κ2) is 27.0. The van der Waals surface area contributed by atoms with Crippen molar-refractivity contribution in [2.24, 2.45) is 0 Å². The van der Waals surface area contributed by atoms with E-state index in [2.05, 4.69) is 49.9 Å². The topological polar surface area (TPSA) is 132 Å². The Labute approximate surface area is 276 Å². The predicted molar refractivity (Wildman–Crippen MR) is 185 cm³/mol. The number of alkyl carbamates (subject to hydrolysis) is 2. The minimum absolute atomic E-state index is 0.264. The second-order valence-electron chi connectivity index (χ2n) is 12.7. The Morgan fingerprint density at radius 3 is 1.49 bits per heavy atom. The number of hydrogen-bond acceptors (Lipinski definition) is 10. The standard InChI is InChI=1S/C30H66N2O10Si3/c1-9-18-36-23-24-40-30(34)32-17-13-11-10-12-16-31-29(33)39-22-15-21-38-26-28-44(5,6)42-45(7,8)41-43(3,4)27-25-37-20-14-19-35-2/h9-28H2,1-8H3,(H,31,33)(H,32,34). The van der Waals surface area contributed by atoms with Crippen LogP contribution in [-0.2, 0) is 36.7 Å². The van der Waals surface area contributed by atoms with Crippen LogP contribution in [0.1, 0.15) is 51.9 Å². The van der Waals surface area contributed by atoms with Crippen molar-refractivity contribution in [2.75, 3.05) is 79.7 Å². The third kappa shape index (κ3) is 30.1. The molecule has 45 heavy (non-hydrogen) atoms. The maximum Gasteiger partial charge on any atom is 0.407 e. The van der Waals surface area contributed by atoms with Crippen LogP contribution in [0, 0.1) is 0 Å². The lowest BCUT2D eigenvalue weighted by molar-refractivity contribution is 0.0731. The van der Waals surface area contributed by atoms with Gasteiger partial charge < -0.3 is 47.3 Å². The largest absolute Gasteiger partial charge is 0.449 e. The Bertz CT molecular complexity index is 749. The van der Waals surface area contributed by atoms with Gasteiger partial charge in [-0.25, -0.2) is 9.59 Å². The lowest BCUT2D eigenvalue weighted by Crippen LogP contribution is -2.52. The van der Waals surface area contributed by atoms with Crippen LogP contribution in [0.3, 0.4) is 0 Å². The molecule has 268 valence electrons. The molecule has 0 aromatic heterocycles. The highest BCUT2D eigenvalue weighted by Gasteiger charge is 2.39. The molecule has 0 aromatic carbocycles. The third-order valence-electron chi connectivity index (χ3n) is 6.50. The lowest BCUT2D eigenvalue weighted by atomic mass is 10.2. The van der Waals surface area contributed by atoms with Crippen molar-refractivity contribution in [3.63, 3.8) is 0 Å². The van der Waals surface area contributed by atoms with Gasteiger partial charge in [0.05, 0.1) is 13.2 Å². The highest BCUT2D eigenvalue weighted by molar-refractivity contribution is 6.87. The molecule has 0 fully saturated rings. The first-order valence-electron chi connectivity index (χ1n) is 16.8. The minimum Gasteiger partial charge on any atom is -0.449 e. The first kappa shape index (κ1) is 44.0. The fourth-order valence-electron chi connectivity index (χ4n) is 4.45. The van der Waals surface area contributed by atoms with Crippen molar-refractivity contribution in [3.8, 4) is 0 Å². The Balaban J connectivity index is 3.79. The van der Waals surface area contributed by atoms with Crippen LogP contribution in [0.25, 0.3) is 0 Å². The zero-order chi connectivity index (χ0) is 33.9. The molecule has 0 saturated carbocycles. The molecule has 0 atom stereocenters. The van der Waals surface area contributed by atoms with Gasteiger partial charge >= 0.3 is 20.7 Å². The van der Waals surface area contributed by atoms with Gasteiger partial charge in [-0.2, -0.15) is 0 Å². The van der Waals surface area contributed by atoms with Gasteiger partial charge in [-0.1, -0.05) is 19.8 Å². The summed E-state index contributed by atoms with van der Waals surface area (Å²) in [6.45, 7) is 21.3. The van der Waals surface area contributed by atoms with Crippen molar-refractivity contribution < 1.29 is 46.2 Å². The number of ether oxygens (including phenoxy) is 6. The maximum atomic E-state index is 11.9. The summed E-state index contributed by atoms with van der Waals surface area (Å²) < 4.78 is 45.4. The van der Waals surface area contributed by atoms with E-state index in [9.17, 15) is 9.59 Å². The molecule has 12 nitrogen and oxygen atoms in total. The SMILES string of the molecule is CCCOCCOC(=O)NCCCCCCNC(=O)OCCCOCC[Si](C)(C)O[Si](C)(C)O[Si](C)(C)CCOCCCOC. The quantitative estimate of drug-likeness (QED) is 0.0677. The molecule has 0 heterocycles. The number of methoxy groups -OCH3 is 1. The van der Waals surface area contributed by atoms with Crippen LogP contribution in [0.4, 0.5) is 9.59 Å². The molecular weight excluding hydrogens is 633 g/mol. The normalized spacial score (nSPS) is 12.3. The van der Waals surface area contributed by atoms with Gasteiger partial charge in [0.25, 0.3) is 0 Å². The molecule has 0 bridgehead atoms. The molecular formula is C30H66N2O10Si3. The predicted octanol–water partition coefficient (Wildman–Crippen LogP) is 6.03. The number of nitrogens with one attached hydrogen (secondary N) is 2. The molecule has 0 unspecified atom stereocenters. The molecule has 2 N–H and O–H groups in total. The van der Waals surface area contributed by atoms with Crippen LogP contribution >= 0.6 is 0 Å². The fraction of sp³-hybridized carbons (Fsp3) is 0.933. The average molecular weight is 699 g/mol. The summed E-state index contributed by atoms with van der Waals surface area (Å²) in [6.07, 6.45) is 5.31. The van der Waals surface area contributed by atoms with Crippen molar-refractivity contribution in [2.45, 2.75) is 103 Å². The number of carbonyl (C=O) groups excluding carboxylic acids is 2. The van der Waals surface area contributed by atoms with Crippen molar-refractivity contribution in [1.29, 1.82) is 0 Å². The van der Waals surface area contributed by atoms with Gasteiger partial charge in [-0.3, -0.25) is 0 Å². The van der Waals surface area contributed by atoms with E-state index in [-0.39, 0.29) is 6.61 Å². The molecule has 0 aromatic rings. The van der Waals surface area contributed by atoms with Crippen molar-refractivity contribution in [1.82, 2.24) is 10.6 Å². The molecule has 0 aliphatic carbocycles. The van der Waals surface area contributed by atoms with Crippen LogP contribution < -0.4 is 10.6 Å². The summed E-state index contributed by atoms with van der Waals surface area (Å²) in [5, 5.41) is 5.51. The summed E-state index contributed by atoms with van der Waals surface area (Å²) in [6, 6.07) is 1.83. The lowest BCUT2D eigenvalue weighted by Gasteiger charge is -2.38. The first-order chi connectivity index (χ1) is 21.3. The number of rotatable bonds is 30.